The molecule has 2 nitrogen and oxygen atoms in total. The molecule has 1 heterocycles. The third-order valence-electron chi connectivity index (χ3n) is 1.83. The highest BCUT2D eigenvalue weighted by Crippen LogP contribution is 2.21. The van der Waals surface area contributed by atoms with Crippen molar-refractivity contribution in [3.63, 3.8) is 0 Å². The molecular weight excluding hydrogens is 222 g/mol. The van der Waals surface area contributed by atoms with Crippen molar-refractivity contribution >= 4 is 11.6 Å². The number of hydrogen-bond donors (Lipinski definition) is 0. The normalized spacial score (nSPS) is 10.3. The van der Waals surface area contributed by atoms with E-state index in [1.807, 2.05) is 0 Å². The van der Waals surface area contributed by atoms with Crippen molar-refractivity contribution in [2.75, 3.05) is 0 Å². The number of benzene rings is 1. The van der Waals surface area contributed by atoms with Crippen LogP contribution in [-0.2, 0) is 0 Å². The smallest absolute Gasteiger partial charge is 0.147 e. The molecule has 0 aliphatic heterocycles. The number of nitrogens with zero attached hydrogens (tertiary/aromatic N) is 2. The van der Waals surface area contributed by atoms with Crippen molar-refractivity contribution in [1.82, 2.24) is 9.97 Å². The van der Waals surface area contributed by atoms with E-state index in [2.05, 4.69) is 9.97 Å². The summed E-state index contributed by atoms with van der Waals surface area (Å²) in [5.41, 5.74) is 0.512. The lowest BCUT2D eigenvalue weighted by Crippen LogP contribution is -1.90. The van der Waals surface area contributed by atoms with E-state index in [-0.39, 0.29) is 10.7 Å². The highest BCUT2D eigenvalue weighted by Gasteiger charge is 2.07. The second kappa shape index (κ2) is 3.90. The summed E-state index contributed by atoms with van der Waals surface area (Å²) in [6, 6.07) is 3.27. The molecule has 0 fully saturated rings. The molecule has 0 saturated heterocycles. The first-order valence-corrected chi connectivity index (χ1v) is 4.47. The molecule has 0 unspecified atom stereocenters. The summed E-state index contributed by atoms with van der Waals surface area (Å²) in [7, 11) is 0. The van der Waals surface area contributed by atoms with Gasteiger partial charge in [-0.15, -0.1) is 0 Å². The van der Waals surface area contributed by atoms with Crippen LogP contribution in [0.1, 0.15) is 0 Å². The molecule has 0 bridgehead atoms. The van der Waals surface area contributed by atoms with Gasteiger partial charge in [-0.25, -0.2) is 13.8 Å². The maximum absolute atomic E-state index is 13.3. The summed E-state index contributed by atoms with van der Waals surface area (Å²) in [5, 5.41) is 0.223. The zero-order valence-corrected chi connectivity index (χ0v) is 8.17. The fraction of sp³-hybridized carbons (Fsp3) is 0. The fourth-order valence-electron chi connectivity index (χ4n) is 1.15. The molecule has 0 saturated carbocycles. The average molecular weight is 227 g/mol. The molecule has 0 atom stereocenters. The van der Waals surface area contributed by atoms with Crippen molar-refractivity contribution < 1.29 is 8.78 Å². The third kappa shape index (κ3) is 2.10. The molecule has 1 aromatic carbocycles. The lowest BCUT2D eigenvalue weighted by Gasteiger charge is -2.01. The van der Waals surface area contributed by atoms with Crippen molar-refractivity contribution in [1.29, 1.82) is 0 Å². The first-order chi connectivity index (χ1) is 7.16. The molecule has 0 amide bonds. The molecule has 0 aliphatic carbocycles. The zero-order valence-electron chi connectivity index (χ0n) is 7.42. The Morgan fingerprint density at radius 1 is 1.07 bits per heavy atom. The largest absolute Gasteiger partial charge is 0.251 e. The second-order valence-electron chi connectivity index (χ2n) is 2.85. The van der Waals surface area contributed by atoms with Crippen LogP contribution in [0.2, 0.25) is 5.15 Å². The molecule has 5 heteroatoms. The molecule has 0 N–H and O–H groups in total. The van der Waals surface area contributed by atoms with Gasteiger partial charge in [0.15, 0.2) is 0 Å². The van der Waals surface area contributed by atoms with Crippen molar-refractivity contribution in [3.8, 4) is 11.3 Å². The highest BCUT2D eigenvalue weighted by molar-refractivity contribution is 6.29. The lowest BCUT2D eigenvalue weighted by molar-refractivity contribution is 0.585. The van der Waals surface area contributed by atoms with Gasteiger partial charge in [0.2, 0.25) is 0 Å². The number of hydrogen-bond acceptors (Lipinski definition) is 2. The van der Waals surface area contributed by atoms with E-state index < -0.39 is 11.6 Å². The van der Waals surface area contributed by atoms with Crippen molar-refractivity contribution in [2.45, 2.75) is 0 Å². The Labute approximate surface area is 89.6 Å². The van der Waals surface area contributed by atoms with Gasteiger partial charge in [0.05, 0.1) is 18.1 Å². The van der Waals surface area contributed by atoms with Crippen LogP contribution in [0.15, 0.2) is 30.6 Å². The topological polar surface area (TPSA) is 25.8 Å². The van der Waals surface area contributed by atoms with Crippen LogP contribution in [0.5, 0.6) is 0 Å². The zero-order chi connectivity index (χ0) is 10.8. The number of halogens is 3. The van der Waals surface area contributed by atoms with Crippen molar-refractivity contribution in [2.24, 2.45) is 0 Å². The molecule has 2 aromatic rings. The van der Waals surface area contributed by atoms with Gasteiger partial charge in [0, 0.05) is 11.6 Å². The van der Waals surface area contributed by atoms with E-state index in [4.69, 9.17) is 11.6 Å². The molecule has 0 spiro atoms. The number of rotatable bonds is 1. The van der Waals surface area contributed by atoms with Crippen LogP contribution in [0.25, 0.3) is 11.3 Å². The van der Waals surface area contributed by atoms with Gasteiger partial charge in [0.25, 0.3) is 0 Å². The molecule has 2 rings (SSSR count). The Morgan fingerprint density at radius 2 is 1.87 bits per heavy atom. The summed E-state index contributed by atoms with van der Waals surface area (Å²) >= 11 is 5.54. The predicted octanol–water partition coefficient (Wildman–Crippen LogP) is 3.08. The Kier molecular flexibility index (Phi) is 2.60. The summed E-state index contributed by atoms with van der Waals surface area (Å²) in [5.74, 6) is -1.30. The summed E-state index contributed by atoms with van der Waals surface area (Å²) < 4.78 is 25.9. The Bertz CT molecular complexity index is 485. The van der Waals surface area contributed by atoms with Gasteiger partial charge >= 0.3 is 0 Å². The maximum Gasteiger partial charge on any atom is 0.147 e. The van der Waals surface area contributed by atoms with Gasteiger partial charge in [-0.3, -0.25) is 4.98 Å². The lowest BCUT2D eigenvalue weighted by atomic mass is 10.1. The minimum atomic E-state index is -0.674. The van der Waals surface area contributed by atoms with E-state index in [9.17, 15) is 8.78 Å². The molecule has 15 heavy (non-hydrogen) atoms. The van der Waals surface area contributed by atoms with Gasteiger partial charge in [-0.2, -0.15) is 0 Å². The standard InChI is InChI=1S/C10H5ClF2N2/c11-10-5-14-9(4-15-10)7-2-1-6(12)3-8(7)13/h1-5H. The van der Waals surface area contributed by atoms with E-state index in [1.165, 1.54) is 18.5 Å². The monoisotopic (exact) mass is 226 g/mol. The second-order valence-corrected chi connectivity index (χ2v) is 3.24. The quantitative estimate of drug-likeness (QED) is 0.747. The van der Waals surface area contributed by atoms with Crippen LogP contribution in [0, 0.1) is 11.6 Å². The molecule has 0 aliphatic rings. The first-order valence-electron chi connectivity index (χ1n) is 4.10. The molecule has 76 valence electrons. The van der Waals surface area contributed by atoms with E-state index in [1.54, 1.807) is 0 Å². The summed E-state index contributed by atoms with van der Waals surface area (Å²) in [4.78, 5) is 7.64. The summed E-state index contributed by atoms with van der Waals surface area (Å²) in [6.45, 7) is 0. The first kappa shape index (κ1) is 9.98. The average Bonchev–Trinajstić information content (AvgIpc) is 2.20. The van der Waals surface area contributed by atoms with Crippen LogP contribution in [-0.4, -0.2) is 9.97 Å². The van der Waals surface area contributed by atoms with Crippen LogP contribution >= 0.6 is 11.6 Å². The van der Waals surface area contributed by atoms with E-state index in [0.717, 1.165) is 12.1 Å². The number of aromatic nitrogens is 2. The van der Waals surface area contributed by atoms with Gasteiger partial charge in [-0.05, 0) is 12.1 Å². The van der Waals surface area contributed by atoms with Gasteiger partial charge in [0.1, 0.15) is 16.8 Å². The summed E-state index contributed by atoms with van der Waals surface area (Å²) in [6.07, 6.45) is 2.64. The molecule has 1 aromatic heterocycles. The predicted molar refractivity (Wildman–Crippen MR) is 52.4 cm³/mol. The van der Waals surface area contributed by atoms with Gasteiger partial charge in [-0.1, -0.05) is 11.6 Å². The van der Waals surface area contributed by atoms with Crippen LogP contribution in [0.4, 0.5) is 8.78 Å². The van der Waals surface area contributed by atoms with Crippen LogP contribution in [0.3, 0.4) is 0 Å². The van der Waals surface area contributed by atoms with Gasteiger partial charge < -0.3 is 0 Å². The Balaban J connectivity index is 2.49. The highest BCUT2D eigenvalue weighted by atomic mass is 35.5. The Morgan fingerprint density at radius 3 is 2.47 bits per heavy atom. The Hall–Kier alpha value is -1.55. The van der Waals surface area contributed by atoms with Crippen LogP contribution < -0.4 is 0 Å². The third-order valence-corrected chi connectivity index (χ3v) is 2.02. The molecule has 0 radical (unpaired) electrons. The minimum absolute atomic E-state index is 0.195. The van der Waals surface area contributed by atoms with E-state index >= 15 is 0 Å². The molecular formula is C10H5ClF2N2. The van der Waals surface area contributed by atoms with E-state index in [0.29, 0.717) is 5.69 Å². The SMILES string of the molecule is Fc1ccc(-c2cnc(Cl)cn2)c(F)c1. The fourth-order valence-corrected chi connectivity index (χ4v) is 1.25. The minimum Gasteiger partial charge on any atom is -0.251 e. The van der Waals surface area contributed by atoms with Crippen molar-refractivity contribution in [3.05, 3.63) is 47.4 Å². The maximum atomic E-state index is 13.3.